The van der Waals surface area contributed by atoms with Crippen molar-refractivity contribution in [2.45, 2.75) is 44.6 Å². The number of carbonyl (C=O) groups excluding carboxylic acids is 1. The molecule has 0 atom stereocenters. The fourth-order valence-electron chi connectivity index (χ4n) is 3.91. The number of amides is 1. The second-order valence-electron chi connectivity index (χ2n) is 8.76. The van der Waals surface area contributed by atoms with Crippen molar-refractivity contribution in [3.63, 3.8) is 0 Å². The largest absolute Gasteiger partial charge is 0.435 e. The number of nitrogens with zero attached hydrogens (tertiary/aromatic N) is 7. The van der Waals surface area contributed by atoms with Gasteiger partial charge in [-0.25, -0.2) is 9.97 Å². The Morgan fingerprint density at radius 2 is 1.89 bits per heavy atom. The van der Waals surface area contributed by atoms with E-state index in [9.17, 15) is 31.1 Å². The van der Waals surface area contributed by atoms with Gasteiger partial charge in [-0.1, -0.05) is 0 Å². The molecule has 0 bridgehead atoms. The van der Waals surface area contributed by atoms with Gasteiger partial charge in [-0.05, 0) is 38.0 Å². The van der Waals surface area contributed by atoms with Gasteiger partial charge in [0.05, 0.1) is 22.5 Å². The molecule has 3 aromatic heterocycles. The lowest BCUT2D eigenvalue weighted by molar-refractivity contribution is -0.142. The normalized spacial score (nSPS) is 15.4. The van der Waals surface area contributed by atoms with E-state index in [-0.39, 0.29) is 29.9 Å². The monoisotopic (exact) mass is 559 g/mol. The molecule has 3 aromatic rings. The van der Waals surface area contributed by atoms with E-state index in [4.69, 9.17) is 0 Å². The van der Waals surface area contributed by atoms with Crippen LogP contribution in [0.15, 0.2) is 34.9 Å². The number of carbonyl (C=O) groups is 1. The molecule has 15 heteroatoms. The summed E-state index contributed by atoms with van der Waals surface area (Å²) in [6.45, 7) is 2.11. The Hall–Kier alpha value is -3.49. The fraction of sp³-hybridized carbons (Fsp3) is 0.435. The number of aromatic nitrogens is 4. The second kappa shape index (κ2) is 10.7. The Bertz CT molecular complexity index is 1290. The van der Waals surface area contributed by atoms with E-state index < -0.39 is 23.6 Å². The Balaban J connectivity index is 1.30. The Kier molecular flexibility index (Phi) is 7.76. The predicted octanol–water partition coefficient (Wildman–Crippen LogP) is 4.96. The molecule has 4 rings (SSSR count). The first-order valence-electron chi connectivity index (χ1n) is 11.5. The van der Waals surface area contributed by atoms with Crippen molar-refractivity contribution in [2.24, 2.45) is 5.10 Å². The third-order valence-electron chi connectivity index (χ3n) is 6.06. The molecule has 0 aliphatic carbocycles. The number of rotatable bonds is 6. The summed E-state index contributed by atoms with van der Waals surface area (Å²) in [7, 11) is 1.56. The van der Waals surface area contributed by atoms with Crippen LogP contribution >= 0.6 is 11.3 Å². The minimum Gasteiger partial charge on any atom is -0.341 e. The van der Waals surface area contributed by atoms with Crippen LogP contribution in [-0.2, 0) is 23.7 Å². The predicted molar refractivity (Wildman–Crippen MR) is 128 cm³/mol. The molecule has 4 heterocycles. The molecule has 0 N–H and O–H groups in total. The summed E-state index contributed by atoms with van der Waals surface area (Å²) in [4.78, 5) is 22.6. The van der Waals surface area contributed by atoms with Crippen LogP contribution in [0, 0.1) is 6.92 Å². The van der Waals surface area contributed by atoms with E-state index in [1.807, 2.05) is 5.38 Å². The smallest absolute Gasteiger partial charge is 0.341 e. The van der Waals surface area contributed by atoms with Crippen molar-refractivity contribution < 1.29 is 31.1 Å². The lowest BCUT2D eigenvalue weighted by Crippen LogP contribution is -2.40. The van der Waals surface area contributed by atoms with E-state index in [0.29, 0.717) is 31.6 Å². The van der Waals surface area contributed by atoms with Crippen LogP contribution in [0.5, 0.6) is 0 Å². The molecule has 1 fully saturated rings. The highest BCUT2D eigenvalue weighted by molar-refractivity contribution is 7.09. The van der Waals surface area contributed by atoms with Crippen molar-refractivity contribution >= 4 is 29.3 Å². The number of hydrogen-bond donors (Lipinski definition) is 0. The molecule has 0 aromatic carbocycles. The number of halogens is 6. The first-order chi connectivity index (χ1) is 17.8. The van der Waals surface area contributed by atoms with Gasteiger partial charge < -0.3 is 4.90 Å². The van der Waals surface area contributed by atoms with E-state index in [1.165, 1.54) is 35.6 Å². The number of thiazole rings is 1. The number of hydrogen-bond acceptors (Lipinski definition) is 7. The number of anilines is 1. The summed E-state index contributed by atoms with van der Waals surface area (Å²) >= 11 is 1.44. The molecule has 0 unspecified atom stereocenters. The first-order valence-corrected chi connectivity index (χ1v) is 12.3. The molecular formula is C23H23F6N7OS. The highest BCUT2D eigenvalue weighted by Crippen LogP contribution is 2.32. The third kappa shape index (κ3) is 6.49. The van der Waals surface area contributed by atoms with Crippen LogP contribution < -0.4 is 5.01 Å². The number of pyridine rings is 1. The lowest BCUT2D eigenvalue weighted by Gasteiger charge is -2.31. The first kappa shape index (κ1) is 27.5. The zero-order valence-corrected chi connectivity index (χ0v) is 21.1. The average molecular weight is 560 g/mol. The number of piperidine rings is 1. The molecule has 0 radical (unpaired) electrons. The maximum atomic E-state index is 12.9. The van der Waals surface area contributed by atoms with E-state index in [1.54, 1.807) is 11.9 Å². The van der Waals surface area contributed by atoms with Crippen LogP contribution in [0.2, 0.25) is 0 Å². The summed E-state index contributed by atoms with van der Waals surface area (Å²) < 4.78 is 77.8. The van der Waals surface area contributed by atoms with Crippen molar-refractivity contribution in [3.8, 4) is 0 Å². The van der Waals surface area contributed by atoms with Gasteiger partial charge in [0.1, 0.15) is 12.4 Å². The topological polar surface area (TPSA) is 79.5 Å². The molecular weight excluding hydrogens is 536 g/mol. The Labute approximate surface area is 217 Å². The van der Waals surface area contributed by atoms with Crippen molar-refractivity contribution in [3.05, 3.63) is 57.4 Å². The fourth-order valence-corrected chi connectivity index (χ4v) is 4.85. The van der Waals surface area contributed by atoms with Crippen molar-refractivity contribution in [1.29, 1.82) is 0 Å². The number of alkyl halides is 6. The second-order valence-corrected chi connectivity index (χ2v) is 9.65. The third-order valence-corrected chi connectivity index (χ3v) is 7.09. The quantitative estimate of drug-likeness (QED) is 0.243. The average Bonchev–Trinajstić information content (AvgIpc) is 3.49. The molecule has 1 saturated heterocycles. The summed E-state index contributed by atoms with van der Waals surface area (Å²) in [6, 6.07) is 3.08. The van der Waals surface area contributed by atoms with Crippen molar-refractivity contribution in [1.82, 2.24) is 24.6 Å². The van der Waals surface area contributed by atoms with Gasteiger partial charge in [0.15, 0.2) is 5.69 Å². The number of aryl methyl sites for hydroxylation is 1. The molecule has 204 valence electrons. The Morgan fingerprint density at radius 3 is 2.47 bits per heavy atom. The molecule has 1 aliphatic heterocycles. The summed E-state index contributed by atoms with van der Waals surface area (Å²) in [5, 5.41) is 11.7. The van der Waals surface area contributed by atoms with Gasteiger partial charge in [-0.2, -0.15) is 36.5 Å². The minimum atomic E-state index is -4.57. The molecule has 1 aliphatic rings. The van der Waals surface area contributed by atoms with E-state index in [0.717, 1.165) is 28.0 Å². The van der Waals surface area contributed by atoms with Gasteiger partial charge in [-0.3, -0.25) is 14.5 Å². The van der Waals surface area contributed by atoms with Crippen LogP contribution in [-0.4, -0.2) is 56.9 Å². The van der Waals surface area contributed by atoms with Crippen LogP contribution in [0.1, 0.15) is 46.4 Å². The van der Waals surface area contributed by atoms with Gasteiger partial charge in [0.25, 0.3) is 0 Å². The maximum absolute atomic E-state index is 12.9. The summed E-state index contributed by atoms with van der Waals surface area (Å²) in [6.07, 6.45) is -5.50. The van der Waals surface area contributed by atoms with Gasteiger partial charge in [0, 0.05) is 43.3 Å². The van der Waals surface area contributed by atoms with E-state index in [2.05, 4.69) is 20.2 Å². The Morgan fingerprint density at radius 1 is 1.18 bits per heavy atom. The zero-order chi connectivity index (χ0) is 27.7. The van der Waals surface area contributed by atoms with Gasteiger partial charge >= 0.3 is 12.4 Å². The van der Waals surface area contributed by atoms with E-state index >= 15 is 0 Å². The van der Waals surface area contributed by atoms with Gasteiger partial charge in [0.2, 0.25) is 5.91 Å². The highest BCUT2D eigenvalue weighted by atomic mass is 32.1. The molecule has 1 amide bonds. The standard InChI is InChI=1S/C23H23F6N7OS/c1-14-9-18(23(27,28)29)33-36(14)12-20(37)35-7-5-15(6-8-35)21-32-17(13-38-21)11-31-34(2)19-4-3-16(10-30-19)22(24,25)26/h3-4,9-11,13,15H,5-8,12H2,1-2H3. The minimum absolute atomic E-state index is 0.115. The number of hydrazone groups is 1. The molecule has 8 nitrogen and oxygen atoms in total. The van der Waals surface area contributed by atoms with Crippen LogP contribution in [0.25, 0.3) is 0 Å². The van der Waals surface area contributed by atoms with Gasteiger partial charge in [-0.15, -0.1) is 11.3 Å². The molecule has 0 saturated carbocycles. The zero-order valence-electron chi connectivity index (χ0n) is 20.3. The SMILES string of the molecule is Cc1cc(C(F)(F)F)nn1CC(=O)N1CCC(c2nc(C=NN(C)c3ccc(C(F)(F)F)cn3)cs2)CC1. The number of likely N-dealkylation sites (tertiary alicyclic amines) is 1. The highest BCUT2D eigenvalue weighted by Gasteiger charge is 2.35. The summed E-state index contributed by atoms with van der Waals surface area (Å²) in [5.41, 5.74) is -1.02. The van der Waals surface area contributed by atoms with Crippen LogP contribution in [0.3, 0.4) is 0 Å². The maximum Gasteiger partial charge on any atom is 0.435 e. The van der Waals surface area contributed by atoms with Crippen molar-refractivity contribution in [2.75, 3.05) is 25.1 Å². The summed E-state index contributed by atoms with van der Waals surface area (Å²) in [5.74, 6) is 0.0562. The molecule has 0 spiro atoms. The lowest BCUT2D eigenvalue weighted by atomic mass is 9.97. The molecule has 38 heavy (non-hydrogen) atoms. The van der Waals surface area contributed by atoms with Crippen LogP contribution in [0.4, 0.5) is 32.2 Å².